The summed E-state index contributed by atoms with van der Waals surface area (Å²) in [5.74, 6) is -0.218. The number of aryl methyl sites for hydroxylation is 1. The van der Waals surface area contributed by atoms with Crippen LogP contribution >= 0.6 is 0 Å². The predicted molar refractivity (Wildman–Crippen MR) is 71.9 cm³/mol. The van der Waals surface area contributed by atoms with E-state index < -0.39 is 0 Å². The van der Waals surface area contributed by atoms with Gasteiger partial charge in [-0.25, -0.2) is 4.39 Å². The van der Waals surface area contributed by atoms with Crippen molar-refractivity contribution in [2.75, 3.05) is 13.7 Å². The Morgan fingerprint density at radius 1 is 1.47 bits per heavy atom. The monoisotopic (exact) mass is 264 g/mol. The minimum Gasteiger partial charge on any atom is -0.494 e. The van der Waals surface area contributed by atoms with Gasteiger partial charge in [-0.3, -0.25) is 4.79 Å². The Labute approximate surface area is 111 Å². The molecule has 0 fully saturated rings. The summed E-state index contributed by atoms with van der Waals surface area (Å²) in [6, 6.07) is 3.40. The lowest BCUT2D eigenvalue weighted by Gasteiger charge is -2.06. The van der Waals surface area contributed by atoms with Crippen LogP contribution in [0.1, 0.15) is 18.2 Å². The number of methoxy groups -OCH3 is 1. The van der Waals surface area contributed by atoms with Crippen LogP contribution in [-0.2, 0) is 11.2 Å². The lowest BCUT2D eigenvalue weighted by Crippen LogP contribution is -2.22. The van der Waals surface area contributed by atoms with Crippen molar-refractivity contribution >= 4 is 16.8 Å². The third-order valence-electron chi connectivity index (χ3n) is 3.15. The SMILES string of the molecule is COc1ccc2[nH]c(C)c(CCNC(C)=O)c2c1F. The molecule has 0 atom stereocenters. The van der Waals surface area contributed by atoms with Crippen LogP contribution in [-0.4, -0.2) is 24.5 Å². The van der Waals surface area contributed by atoms with E-state index in [9.17, 15) is 9.18 Å². The number of halogens is 1. The summed E-state index contributed by atoms with van der Waals surface area (Å²) in [6.07, 6.45) is 0.579. The number of hydrogen-bond donors (Lipinski definition) is 2. The minimum atomic E-state index is -0.359. The molecule has 2 rings (SSSR count). The number of hydrogen-bond acceptors (Lipinski definition) is 2. The van der Waals surface area contributed by atoms with E-state index in [2.05, 4.69) is 10.3 Å². The largest absolute Gasteiger partial charge is 0.494 e. The highest BCUT2D eigenvalue weighted by atomic mass is 19.1. The van der Waals surface area contributed by atoms with Crippen LogP contribution in [0.5, 0.6) is 5.75 Å². The number of aromatic amines is 1. The average Bonchev–Trinajstić information content (AvgIpc) is 2.67. The Kier molecular flexibility index (Phi) is 3.74. The van der Waals surface area contributed by atoms with Gasteiger partial charge in [0.05, 0.1) is 7.11 Å². The summed E-state index contributed by atoms with van der Waals surface area (Å²) in [6.45, 7) is 3.85. The van der Waals surface area contributed by atoms with E-state index in [4.69, 9.17) is 4.74 Å². The summed E-state index contributed by atoms with van der Waals surface area (Å²) in [5.41, 5.74) is 2.53. The van der Waals surface area contributed by atoms with Crippen LogP contribution in [0.25, 0.3) is 10.9 Å². The lowest BCUT2D eigenvalue weighted by molar-refractivity contribution is -0.118. The molecule has 1 heterocycles. The fraction of sp³-hybridized carbons (Fsp3) is 0.357. The molecule has 102 valence electrons. The molecule has 0 saturated carbocycles. The molecule has 0 spiro atoms. The van der Waals surface area contributed by atoms with Gasteiger partial charge in [0.15, 0.2) is 11.6 Å². The van der Waals surface area contributed by atoms with Gasteiger partial charge in [-0.05, 0) is 31.0 Å². The van der Waals surface area contributed by atoms with Gasteiger partial charge in [0.2, 0.25) is 5.91 Å². The molecular formula is C14H17FN2O2. The van der Waals surface area contributed by atoms with Gasteiger partial charge in [-0.15, -0.1) is 0 Å². The quantitative estimate of drug-likeness (QED) is 0.890. The molecule has 0 bridgehead atoms. The summed E-state index contributed by atoms with van der Waals surface area (Å²) in [5, 5.41) is 3.26. The number of amides is 1. The summed E-state index contributed by atoms with van der Waals surface area (Å²) < 4.78 is 19.3. The Bertz CT molecular complexity index is 619. The molecule has 19 heavy (non-hydrogen) atoms. The zero-order valence-electron chi connectivity index (χ0n) is 11.3. The molecule has 5 heteroatoms. The first kappa shape index (κ1) is 13.4. The smallest absolute Gasteiger partial charge is 0.216 e. The first-order valence-electron chi connectivity index (χ1n) is 6.12. The molecule has 1 aromatic carbocycles. The van der Waals surface area contributed by atoms with Crippen molar-refractivity contribution < 1.29 is 13.9 Å². The van der Waals surface area contributed by atoms with Crippen molar-refractivity contribution in [3.63, 3.8) is 0 Å². The van der Waals surface area contributed by atoms with Gasteiger partial charge >= 0.3 is 0 Å². The standard InChI is InChI=1S/C14H17FN2O2/c1-8-10(6-7-16-9(2)18)13-11(17-8)4-5-12(19-3)14(13)15/h4-5,17H,6-7H2,1-3H3,(H,16,18). The van der Waals surface area contributed by atoms with Crippen molar-refractivity contribution in [2.24, 2.45) is 0 Å². The van der Waals surface area contributed by atoms with Gasteiger partial charge in [0.1, 0.15) is 0 Å². The summed E-state index contributed by atoms with van der Waals surface area (Å²) in [4.78, 5) is 14.0. The van der Waals surface area contributed by atoms with Gasteiger partial charge in [0.25, 0.3) is 0 Å². The van der Waals surface area contributed by atoms with Crippen molar-refractivity contribution in [2.45, 2.75) is 20.3 Å². The van der Waals surface area contributed by atoms with Gasteiger partial charge in [-0.1, -0.05) is 0 Å². The number of nitrogens with one attached hydrogen (secondary N) is 2. The van der Waals surface area contributed by atoms with Crippen molar-refractivity contribution in [3.05, 3.63) is 29.2 Å². The number of ether oxygens (including phenoxy) is 1. The highest BCUT2D eigenvalue weighted by molar-refractivity contribution is 5.87. The number of H-pyrrole nitrogens is 1. The number of benzene rings is 1. The minimum absolute atomic E-state index is 0.0875. The predicted octanol–water partition coefficient (Wildman–Crippen LogP) is 2.30. The molecule has 2 N–H and O–H groups in total. The molecule has 0 aliphatic heterocycles. The molecule has 1 aromatic heterocycles. The molecule has 0 saturated heterocycles. The Balaban J connectivity index is 2.41. The second kappa shape index (κ2) is 5.30. The van der Waals surface area contributed by atoms with E-state index in [0.29, 0.717) is 18.4 Å². The number of aromatic nitrogens is 1. The van der Waals surface area contributed by atoms with Crippen molar-refractivity contribution in [3.8, 4) is 5.75 Å². The summed E-state index contributed by atoms with van der Waals surface area (Å²) >= 11 is 0. The second-order valence-corrected chi connectivity index (χ2v) is 4.47. The molecule has 4 nitrogen and oxygen atoms in total. The molecule has 0 aliphatic carbocycles. The number of rotatable bonds is 4. The Hall–Kier alpha value is -2.04. The number of carbonyl (C=O) groups excluding carboxylic acids is 1. The molecule has 2 aromatic rings. The van der Waals surface area contributed by atoms with E-state index in [0.717, 1.165) is 16.8 Å². The Morgan fingerprint density at radius 3 is 2.84 bits per heavy atom. The highest BCUT2D eigenvalue weighted by Gasteiger charge is 2.15. The topological polar surface area (TPSA) is 54.1 Å². The van der Waals surface area contributed by atoms with Gasteiger partial charge in [0, 0.05) is 30.1 Å². The Morgan fingerprint density at radius 2 is 2.21 bits per heavy atom. The molecule has 0 radical (unpaired) electrons. The molecule has 1 amide bonds. The summed E-state index contributed by atoms with van der Waals surface area (Å²) in [7, 11) is 1.45. The van der Waals surface area contributed by atoms with Crippen LogP contribution in [0.2, 0.25) is 0 Å². The van der Waals surface area contributed by atoms with Gasteiger partial charge in [-0.2, -0.15) is 0 Å². The average molecular weight is 264 g/mol. The fourth-order valence-electron chi connectivity index (χ4n) is 2.25. The number of fused-ring (bicyclic) bond motifs is 1. The van der Waals surface area contributed by atoms with Crippen LogP contribution in [0.3, 0.4) is 0 Å². The maximum absolute atomic E-state index is 14.3. The van der Waals surface area contributed by atoms with Crippen molar-refractivity contribution in [1.29, 1.82) is 0 Å². The van der Waals surface area contributed by atoms with E-state index in [1.807, 2.05) is 6.92 Å². The van der Waals surface area contributed by atoms with Gasteiger partial charge < -0.3 is 15.0 Å². The van der Waals surface area contributed by atoms with E-state index in [-0.39, 0.29) is 17.5 Å². The zero-order valence-corrected chi connectivity index (χ0v) is 11.3. The molecule has 0 aliphatic rings. The lowest BCUT2D eigenvalue weighted by atomic mass is 10.1. The van der Waals surface area contributed by atoms with Crippen LogP contribution < -0.4 is 10.1 Å². The van der Waals surface area contributed by atoms with E-state index in [1.54, 1.807) is 12.1 Å². The highest BCUT2D eigenvalue weighted by Crippen LogP contribution is 2.30. The van der Waals surface area contributed by atoms with Crippen LogP contribution in [0.4, 0.5) is 4.39 Å². The third-order valence-corrected chi connectivity index (χ3v) is 3.15. The number of carbonyl (C=O) groups is 1. The first-order valence-corrected chi connectivity index (χ1v) is 6.12. The van der Waals surface area contributed by atoms with Crippen LogP contribution in [0, 0.1) is 12.7 Å². The van der Waals surface area contributed by atoms with E-state index >= 15 is 0 Å². The molecular weight excluding hydrogens is 247 g/mol. The maximum atomic E-state index is 14.3. The maximum Gasteiger partial charge on any atom is 0.216 e. The zero-order chi connectivity index (χ0) is 14.0. The fourth-order valence-corrected chi connectivity index (χ4v) is 2.25. The third kappa shape index (κ3) is 2.54. The first-order chi connectivity index (χ1) is 9.04. The normalized spacial score (nSPS) is 10.7. The van der Waals surface area contributed by atoms with E-state index in [1.165, 1.54) is 14.0 Å². The van der Waals surface area contributed by atoms with Crippen LogP contribution in [0.15, 0.2) is 12.1 Å². The van der Waals surface area contributed by atoms with Crippen molar-refractivity contribution in [1.82, 2.24) is 10.3 Å². The molecule has 0 unspecified atom stereocenters. The second-order valence-electron chi connectivity index (χ2n) is 4.47.